The Morgan fingerprint density at radius 1 is 1.31 bits per heavy atom. The lowest BCUT2D eigenvalue weighted by atomic mass is 10.1. The number of carbonyl (C=O) groups excluding carboxylic acids is 2. The van der Waals surface area contributed by atoms with Crippen LogP contribution in [0.5, 0.6) is 0 Å². The molecule has 1 aliphatic heterocycles. The molecule has 92 valence electrons. The predicted octanol–water partition coefficient (Wildman–Crippen LogP) is 1.42. The molecule has 0 aromatic rings. The topological polar surface area (TPSA) is 55.8 Å². The molecule has 0 unspecified atom stereocenters. The minimum Gasteiger partial charge on any atom is -0.460 e. The standard InChI is InChI=1S/C11H19NO4/c1-11(2,3)16-9(13)8-5-6-12(7-8)10(14)15-4/h8H,5-7H2,1-4H3/t8-/m0/s1. The third-order valence-electron chi connectivity index (χ3n) is 2.36. The minimum absolute atomic E-state index is 0.224. The third-order valence-corrected chi connectivity index (χ3v) is 2.36. The van der Waals surface area contributed by atoms with Crippen molar-refractivity contribution in [3.63, 3.8) is 0 Å². The van der Waals surface area contributed by atoms with Gasteiger partial charge >= 0.3 is 12.1 Å². The van der Waals surface area contributed by atoms with Gasteiger partial charge in [0.2, 0.25) is 0 Å². The highest BCUT2D eigenvalue weighted by atomic mass is 16.6. The number of nitrogens with zero attached hydrogens (tertiary/aromatic N) is 1. The quantitative estimate of drug-likeness (QED) is 0.638. The van der Waals surface area contributed by atoms with Crippen molar-refractivity contribution >= 4 is 12.1 Å². The fraction of sp³-hybridized carbons (Fsp3) is 0.818. The van der Waals surface area contributed by atoms with Crippen LogP contribution in [0, 0.1) is 5.92 Å². The highest BCUT2D eigenvalue weighted by Crippen LogP contribution is 2.21. The maximum absolute atomic E-state index is 11.7. The fourth-order valence-corrected chi connectivity index (χ4v) is 1.63. The summed E-state index contributed by atoms with van der Waals surface area (Å²) >= 11 is 0. The number of esters is 1. The predicted molar refractivity (Wildman–Crippen MR) is 57.9 cm³/mol. The van der Waals surface area contributed by atoms with Crippen molar-refractivity contribution in [1.29, 1.82) is 0 Å². The Labute approximate surface area is 95.7 Å². The monoisotopic (exact) mass is 229 g/mol. The van der Waals surface area contributed by atoms with E-state index in [9.17, 15) is 9.59 Å². The van der Waals surface area contributed by atoms with Crippen LogP contribution in [-0.2, 0) is 14.3 Å². The molecule has 1 saturated heterocycles. The van der Waals surface area contributed by atoms with Crippen LogP contribution in [0.4, 0.5) is 4.79 Å². The molecular weight excluding hydrogens is 210 g/mol. The molecule has 1 aliphatic rings. The highest BCUT2D eigenvalue weighted by Gasteiger charge is 2.34. The van der Waals surface area contributed by atoms with Crippen molar-refractivity contribution in [3.05, 3.63) is 0 Å². The Balaban J connectivity index is 2.47. The molecule has 0 bridgehead atoms. The van der Waals surface area contributed by atoms with Crippen molar-refractivity contribution in [3.8, 4) is 0 Å². The van der Waals surface area contributed by atoms with Crippen LogP contribution in [0.25, 0.3) is 0 Å². The van der Waals surface area contributed by atoms with Crippen molar-refractivity contribution in [2.24, 2.45) is 5.92 Å². The SMILES string of the molecule is COC(=O)N1CC[C@H](C(=O)OC(C)(C)C)C1. The van der Waals surface area contributed by atoms with Gasteiger partial charge in [-0.1, -0.05) is 0 Å². The van der Waals surface area contributed by atoms with E-state index in [-0.39, 0.29) is 18.0 Å². The summed E-state index contributed by atoms with van der Waals surface area (Å²) in [6, 6.07) is 0. The Morgan fingerprint density at radius 2 is 1.94 bits per heavy atom. The fourth-order valence-electron chi connectivity index (χ4n) is 1.63. The molecule has 5 nitrogen and oxygen atoms in total. The number of ether oxygens (including phenoxy) is 2. The first kappa shape index (κ1) is 12.8. The molecule has 5 heteroatoms. The lowest BCUT2D eigenvalue weighted by Gasteiger charge is -2.22. The molecule has 1 fully saturated rings. The molecule has 1 atom stereocenters. The first-order chi connectivity index (χ1) is 7.33. The molecule has 1 amide bonds. The first-order valence-electron chi connectivity index (χ1n) is 5.39. The molecule has 1 heterocycles. The highest BCUT2D eigenvalue weighted by molar-refractivity contribution is 5.75. The number of hydrogen-bond donors (Lipinski definition) is 0. The van der Waals surface area contributed by atoms with Crippen LogP contribution in [0.3, 0.4) is 0 Å². The average Bonchev–Trinajstić information content (AvgIpc) is 2.62. The van der Waals surface area contributed by atoms with Gasteiger partial charge in [-0.2, -0.15) is 0 Å². The van der Waals surface area contributed by atoms with E-state index in [2.05, 4.69) is 4.74 Å². The van der Waals surface area contributed by atoms with E-state index in [0.717, 1.165) is 0 Å². The second kappa shape index (κ2) is 4.72. The smallest absolute Gasteiger partial charge is 0.409 e. The molecule has 1 rings (SSSR count). The van der Waals surface area contributed by atoms with Crippen LogP contribution in [0.2, 0.25) is 0 Å². The Hall–Kier alpha value is -1.26. The summed E-state index contributed by atoms with van der Waals surface area (Å²) in [5, 5.41) is 0. The van der Waals surface area contributed by atoms with Crippen LogP contribution in [0.15, 0.2) is 0 Å². The van der Waals surface area contributed by atoms with E-state index in [4.69, 9.17) is 4.74 Å². The summed E-state index contributed by atoms with van der Waals surface area (Å²) in [6.07, 6.45) is 0.260. The number of carbonyl (C=O) groups is 2. The van der Waals surface area contributed by atoms with Gasteiger partial charge in [0.25, 0.3) is 0 Å². The summed E-state index contributed by atoms with van der Waals surface area (Å²) < 4.78 is 9.86. The Bertz CT molecular complexity index is 282. The number of methoxy groups -OCH3 is 1. The molecule has 0 spiro atoms. The van der Waals surface area contributed by atoms with Gasteiger partial charge in [0.1, 0.15) is 5.60 Å². The van der Waals surface area contributed by atoms with E-state index in [1.165, 1.54) is 12.0 Å². The van der Waals surface area contributed by atoms with E-state index in [1.807, 2.05) is 20.8 Å². The van der Waals surface area contributed by atoms with Crippen molar-refractivity contribution in [1.82, 2.24) is 4.90 Å². The number of rotatable bonds is 1. The molecule has 0 aromatic carbocycles. The number of hydrogen-bond acceptors (Lipinski definition) is 4. The number of likely N-dealkylation sites (tertiary alicyclic amines) is 1. The summed E-state index contributed by atoms with van der Waals surface area (Å²) in [4.78, 5) is 24.5. The Kier molecular flexibility index (Phi) is 3.78. The van der Waals surface area contributed by atoms with Gasteiger partial charge in [0.15, 0.2) is 0 Å². The van der Waals surface area contributed by atoms with Crippen molar-refractivity contribution < 1.29 is 19.1 Å². The second-order valence-electron chi connectivity index (χ2n) is 4.94. The van der Waals surface area contributed by atoms with Gasteiger partial charge in [0.05, 0.1) is 13.0 Å². The zero-order valence-corrected chi connectivity index (χ0v) is 10.3. The zero-order chi connectivity index (χ0) is 12.3. The average molecular weight is 229 g/mol. The van der Waals surface area contributed by atoms with Crippen LogP contribution in [-0.4, -0.2) is 42.8 Å². The molecule has 0 aromatic heterocycles. The summed E-state index contributed by atoms with van der Waals surface area (Å²) in [6.45, 7) is 6.44. The molecule has 0 saturated carbocycles. The van der Waals surface area contributed by atoms with Gasteiger partial charge in [-0.3, -0.25) is 4.79 Å². The summed E-state index contributed by atoms with van der Waals surface area (Å²) in [7, 11) is 1.34. The lowest BCUT2D eigenvalue weighted by molar-refractivity contribution is -0.159. The molecular formula is C11H19NO4. The molecule has 0 aliphatic carbocycles. The maximum Gasteiger partial charge on any atom is 0.409 e. The van der Waals surface area contributed by atoms with Gasteiger partial charge < -0.3 is 14.4 Å². The van der Waals surface area contributed by atoms with Gasteiger partial charge in [0, 0.05) is 13.1 Å². The van der Waals surface area contributed by atoms with E-state index >= 15 is 0 Å². The van der Waals surface area contributed by atoms with Crippen LogP contribution >= 0.6 is 0 Å². The van der Waals surface area contributed by atoms with Crippen LogP contribution < -0.4 is 0 Å². The number of amides is 1. The Morgan fingerprint density at radius 3 is 2.44 bits per heavy atom. The third kappa shape index (κ3) is 3.40. The second-order valence-corrected chi connectivity index (χ2v) is 4.94. The normalized spacial score (nSPS) is 20.8. The summed E-state index contributed by atoms with van der Waals surface area (Å²) in [5.74, 6) is -0.461. The van der Waals surface area contributed by atoms with Crippen molar-refractivity contribution in [2.45, 2.75) is 32.8 Å². The van der Waals surface area contributed by atoms with E-state index < -0.39 is 5.60 Å². The molecule has 0 radical (unpaired) electrons. The van der Waals surface area contributed by atoms with Gasteiger partial charge in [-0.05, 0) is 27.2 Å². The zero-order valence-electron chi connectivity index (χ0n) is 10.3. The summed E-state index contributed by atoms with van der Waals surface area (Å²) in [5.41, 5.74) is -0.476. The van der Waals surface area contributed by atoms with Crippen LogP contribution in [0.1, 0.15) is 27.2 Å². The lowest BCUT2D eigenvalue weighted by Crippen LogP contribution is -2.32. The van der Waals surface area contributed by atoms with Gasteiger partial charge in [-0.25, -0.2) is 4.79 Å². The molecule has 0 N–H and O–H groups in total. The van der Waals surface area contributed by atoms with Crippen molar-refractivity contribution in [2.75, 3.05) is 20.2 Å². The van der Waals surface area contributed by atoms with E-state index in [0.29, 0.717) is 19.5 Å². The largest absolute Gasteiger partial charge is 0.460 e. The minimum atomic E-state index is -0.476. The van der Waals surface area contributed by atoms with Gasteiger partial charge in [-0.15, -0.1) is 0 Å². The van der Waals surface area contributed by atoms with E-state index in [1.54, 1.807) is 0 Å². The maximum atomic E-state index is 11.7. The first-order valence-corrected chi connectivity index (χ1v) is 5.39. The molecule has 16 heavy (non-hydrogen) atoms.